The number of nitrogens with one attached hydrogen (secondary N) is 1. The Morgan fingerprint density at radius 3 is 2.55 bits per heavy atom. The van der Waals surface area contributed by atoms with E-state index in [1.165, 1.54) is 12.4 Å². The molecule has 0 saturated carbocycles. The lowest BCUT2D eigenvalue weighted by Crippen LogP contribution is -2.15. The fourth-order valence-corrected chi connectivity index (χ4v) is 2.96. The molecule has 1 N–H and O–H groups in total. The van der Waals surface area contributed by atoms with Crippen molar-refractivity contribution in [2.45, 2.75) is 24.0 Å². The molecule has 0 spiro atoms. The third-order valence-corrected chi connectivity index (χ3v) is 5.13. The van der Waals surface area contributed by atoms with Gasteiger partial charge in [0, 0.05) is 6.07 Å². The van der Waals surface area contributed by atoms with Gasteiger partial charge in [-0.1, -0.05) is 23.7 Å². The van der Waals surface area contributed by atoms with Crippen LogP contribution in [0.5, 0.6) is 0 Å². The van der Waals surface area contributed by atoms with E-state index in [0.29, 0.717) is 11.5 Å². The van der Waals surface area contributed by atoms with Crippen LogP contribution < -0.4 is 5.32 Å². The van der Waals surface area contributed by atoms with E-state index in [9.17, 15) is 8.42 Å². The standard InChI is InChI=1S/C13H14ClN3O2S/c1-9(2)20(18,19)11-6-4-3-5-10(11)17-13-7-12(14)15-8-16-13/h3-9H,1-2H3,(H,15,16,17). The van der Waals surface area contributed by atoms with E-state index in [0.717, 1.165) is 0 Å². The van der Waals surface area contributed by atoms with Crippen LogP contribution in [-0.4, -0.2) is 23.6 Å². The molecule has 7 heteroatoms. The van der Waals surface area contributed by atoms with Gasteiger partial charge in [0.15, 0.2) is 9.84 Å². The van der Waals surface area contributed by atoms with Crippen molar-refractivity contribution in [2.75, 3.05) is 5.32 Å². The number of hydrogen-bond acceptors (Lipinski definition) is 5. The van der Waals surface area contributed by atoms with Crippen molar-refractivity contribution in [3.8, 4) is 0 Å². The lowest BCUT2D eigenvalue weighted by Gasteiger charge is -2.13. The van der Waals surface area contributed by atoms with Crippen LogP contribution in [0, 0.1) is 0 Å². The molecule has 0 aliphatic carbocycles. The number of halogens is 1. The van der Waals surface area contributed by atoms with Gasteiger partial charge in [-0.25, -0.2) is 18.4 Å². The van der Waals surface area contributed by atoms with Gasteiger partial charge < -0.3 is 5.32 Å². The van der Waals surface area contributed by atoms with Crippen LogP contribution >= 0.6 is 11.6 Å². The van der Waals surface area contributed by atoms with Gasteiger partial charge in [-0.3, -0.25) is 0 Å². The van der Waals surface area contributed by atoms with Crippen LogP contribution in [0.25, 0.3) is 0 Å². The van der Waals surface area contributed by atoms with Crippen LogP contribution in [0.1, 0.15) is 13.8 Å². The van der Waals surface area contributed by atoms with E-state index >= 15 is 0 Å². The summed E-state index contributed by atoms with van der Waals surface area (Å²) in [5, 5.41) is 2.74. The first-order chi connectivity index (χ1) is 9.41. The zero-order chi connectivity index (χ0) is 14.8. The third kappa shape index (κ3) is 3.08. The summed E-state index contributed by atoms with van der Waals surface area (Å²) >= 11 is 5.78. The summed E-state index contributed by atoms with van der Waals surface area (Å²) in [6.07, 6.45) is 1.31. The minimum atomic E-state index is -3.38. The van der Waals surface area contributed by atoms with Gasteiger partial charge in [0.1, 0.15) is 17.3 Å². The van der Waals surface area contributed by atoms with Gasteiger partial charge in [0.05, 0.1) is 15.8 Å². The van der Waals surface area contributed by atoms with E-state index < -0.39 is 15.1 Å². The van der Waals surface area contributed by atoms with Crippen molar-refractivity contribution in [2.24, 2.45) is 0 Å². The maximum absolute atomic E-state index is 12.3. The van der Waals surface area contributed by atoms with Crippen LogP contribution in [0.15, 0.2) is 41.6 Å². The van der Waals surface area contributed by atoms with E-state index in [4.69, 9.17) is 11.6 Å². The smallest absolute Gasteiger partial charge is 0.182 e. The monoisotopic (exact) mass is 311 g/mol. The van der Waals surface area contributed by atoms with Gasteiger partial charge in [-0.05, 0) is 26.0 Å². The lowest BCUT2D eigenvalue weighted by molar-refractivity contribution is 0.588. The average Bonchev–Trinajstić information content (AvgIpc) is 2.39. The van der Waals surface area contributed by atoms with Gasteiger partial charge in [0.2, 0.25) is 0 Å². The second-order valence-corrected chi connectivity index (χ2v) is 7.30. The molecule has 1 aromatic carbocycles. The number of benzene rings is 1. The molecule has 0 aliphatic rings. The molecule has 0 aliphatic heterocycles. The highest BCUT2D eigenvalue weighted by molar-refractivity contribution is 7.92. The molecule has 106 valence electrons. The molecule has 1 aromatic heterocycles. The molecule has 20 heavy (non-hydrogen) atoms. The molecule has 2 rings (SSSR count). The summed E-state index contributed by atoms with van der Waals surface area (Å²) in [7, 11) is -3.38. The Labute approximate surface area is 123 Å². The highest BCUT2D eigenvalue weighted by Crippen LogP contribution is 2.27. The Morgan fingerprint density at radius 1 is 1.20 bits per heavy atom. The summed E-state index contributed by atoms with van der Waals surface area (Å²) in [6.45, 7) is 3.29. The molecule has 2 aromatic rings. The first-order valence-corrected chi connectivity index (χ1v) is 7.91. The van der Waals surface area contributed by atoms with Crippen LogP contribution in [-0.2, 0) is 9.84 Å². The Kier molecular flexibility index (Phi) is 4.25. The molecule has 0 bridgehead atoms. The van der Waals surface area contributed by atoms with Crippen molar-refractivity contribution in [1.82, 2.24) is 9.97 Å². The summed E-state index contributed by atoms with van der Waals surface area (Å²) in [4.78, 5) is 8.02. The molecule has 5 nitrogen and oxygen atoms in total. The number of nitrogens with zero attached hydrogens (tertiary/aromatic N) is 2. The largest absolute Gasteiger partial charge is 0.339 e. The van der Waals surface area contributed by atoms with Crippen LogP contribution in [0.2, 0.25) is 5.15 Å². The number of rotatable bonds is 4. The Hall–Kier alpha value is -1.66. The molecule has 0 radical (unpaired) electrons. The first kappa shape index (κ1) is 14.7. The van der Waals surface area contributed by atoms with Gasteiger partial charge in [-0.15, -0.1) is 0 Å². The van der Waals surface area contributed by atoms with E-state index in [1.807, 2.05) is 0 Å². The first-order valence-electron chi connectivity index (χ1n) is 5.99. The zero-order valence-corrected chi connectivity index (χ0v) is 12.6. The summed E-state index contributed by atoms with van der Waals surface area (Å²) in [5.41, 5.74) is 0.468. The van der Waals surface area contributed by atoms with Crippen LogP contribution in [0.3, 0.4) is 0 Å². The average molecular weight is 312 g/mol. The van der Waals surface area contributed by atoms with Crippen LogP contribution in [0.4, 0.5) is 11.5 Å². The summed E-state index contributed by atoms with van der Waals surface area (Å²) in [6, 6.07) is 8.23. The van der Waals surface area contributed by atoms with E-state index in [1.54, 1.807) is 38.1 Å². The normalized spacial score (nSPS) is 11.6. The third-order valence-electron chi connectivity index (χ3n) is 2.71. The zero-order valence-electron chi connectivity index (χ0n) is 11.0. The maximum Gasteiger partial charge on any atom is 0.182 e. The van der Waals surface area contributed by atoms with Gasteiger partial charge in [-0.2, -0.15) is 0 Å². The SMILES string of the molecule is CC(C)S(=O)(=O)c1ccccc1Nc1cc(Cl)ncn1. The van der Waals surface area contributed by atoms with Gasteiger partial charge in [0.25, 0.3) is 0 Å². The number of anilines is 2. The van der Waals surface area contributed by atoms with E-state index in [-0.39, 0.29) is 10.0 Å². The number of para-hydroxylation sites is 1. The molecular weight excluding hydrogens is 298 g/mol. The fourth-order valence-electron chi connectivity index (χ4n) is 1.61. The quantitative estimate of drug-likeness (QED) is 0.879. The van der Waals surface area contributed by atoms with Crippen molar-refractivity contribution in [3.63, 3.8) is 0 Å². The topological polar surface area (TPSA) is 72.0 Å². The Balaban J connectivity index is 2.44. The summed E-state index contributed by atoms with van der Waals surface area (Å²) in [5.74, 6) is 0.441. The van der Waals surface area contributed by atoms with Gasteiger partial charge >= 0.3 is 0 Å². The molecular formula is C13H14ClN3O2S. The second-order valence-electron chi connectivity index (χ2n) is 4.44. The molecule has 1 heterocycles. The minimum Gasteiger partial charge on any atom is -0.339 e. The number of sulfone groups is 1. The Morgan fingerprint density at radius 2 is 1.90 bits per heavy atom. The number of aromatic nitrogens is 2. The molecule has 0 unspecified atom stereocenters. The molecule has 0 fully saturated rings. The summed E-state index contributed by atoms with van der Waals surface area (Å²) < 4.78 is 24.6. The van der Waals surface area contributed by atoms with Crippen molar-refractivity contribution >= 4 is 32.9 Å². The highest BCUT2D eigenvalue weighted by atomic mass is 35.5. The second kappa shape index (κ2) is 5.76. The Bertz CT molecular complexity index is 717. The van der Waals surface area contributed by atoms with Crippen molar-refractivity contribution in [1.29, 1.82) is 0 Å². The predicted molar refractivity (Wildman–Crippen MR) is 79.1 cm³/mol. The molecule has 0 saturated heterocycles. The van der Waals surface area contributed by atoms with E-state index in [2.05, 4.69) is 15.3 Å². The lowest BCUT2D eigenvalue weighted by atomic mass is 10.3. The van der Waals surface area contributed by atoms with Crippen molar-refractivity contribution < 1.29 is 8.42 Å². The number of hydrogen-bond donors (Lipinski definition) is 1. The fraction of sp³-hybridized carbons (Fsp3) is 0.231. The van der Waals surface area contributed by atoms with Crippen molar-refractivity contribution in [3.05, 3.63) is 41.8 Å². The highest BCUT2D eigenvalue weighted by Gasteiger charge is 2.22. The minimum absolute atomic E-state index is 0.240. The predicted octanol–water partition coefficient (Wildman–Crippen LogP) is 3.06. The molecule has 0 amide bonds. The molecule has 0 atom stereocenters. The maximum atomic E-state index is 12.3.